The van der Waals surface area contributed by atoms with Crippen molar-refractivity contribution < 1.29 is 19.0 Å². The van der Waals surface area contributed by atoms with Gasteiger partial charge in [0, 0.05) is 31.7 Å². The Bertz CT molecular complexity index is 1160. The molecular formula is C19H20FN5O4. The second-order valence-electron chi connectivity index (χ2n) is 6.98. The van der Waals surface area contributed by atoms with E-state index in [1.54, 1.807) is 17.1 Å². The van der Waals surface area contributed by atoms with E-state index in [1.807, 2.05) is 17.7 Å². The average Bonchev–Trinajstić information content (AvgIpc) is 3.20. The first-order valence-corrected chi connectivity index (χ1v) is 9.15. The van der Waals surface area contributed by atoms with Gasteiger partial charge in [-0.05, 0) is 13.3 Å². The number of carboxylic acids is 1. The van der Waals surface area contributed by atoms with Crippen molar-refractivity contribution in [3.05, 3.63) is 46.5 Å². The number of hydrogen-bond acceptors (Lipinski definition) is 6. The minimum absolute atomic E-state index is 0.0729. The van der Waals surface area contributed by atoms with Crippen LogP contribution in [0.2, 0.25) is 0 Å². The molecule has 29 heavy (non-hydrogen) atoms. The summed E-state index contributed by atoms with van der Waals surface area (Å²) < 4.78 is 24.3. The lowest BCUT2D eigenvalue weighted by Gasteiger charge is -2.29. The highest BCUT2D eigenvalue weighted by atomic mass is 19.1. The molecule has 3 aromatic rings. The molecule has 0 radical (unpaired) electrons. The Kier molecular flexibility index (Phi) is 4.61. The van der Waals surface area contributed by atoms with Crippen LogP contribution in [0.25, 0.3) is 10.9 Å². The number of aryl methyl sites for hydroxylation is 1. The van der Waals surface area contributed by atoms with Gasteiger partial charge < -0.3 is 30.0 Å². The number of nitrogens with one attached hydrogen (secondary N) is 1. The first-order chi connectivity index (χ1) is 13.9. The lowest BCUT2D eigenvalue weighted by atomic mass is 10.0. The standard InChI is InChI=1S/C19H20FN5O4/c1-10-8-29-18-15(23-3-2-5-24-6-4-22-9-24)13(20)14(21)12-16(18)25(10)7-11(17(12)26)19(27)28/h4,6-7,9-10,23H,2-3,5,8,21H2,1H3,(H,27,28)/t10-/m0/s1. The van der Waals surface area contributed by atoms with Crippen LogP contribution >= 0.6 is 0 Å². The van der Waals surface area contributed by atoms with Gasteiger partial charge in [0.1, 0.15) is 17.9 Å². The molecule has 0 unspecified atom stereocenters. The van der Waals surface area contributed by atoms with E-state index >= 15 is 4.39 Å². The van der Waals surface area contributed by atoms with Gasteiger partial charge in [-0.3, -0.25) is 4.79 Å². The van der Waals surface area contributed by atoms with Crippen LogP contribution in [-0.4, -0.2) is 38.3 Å². The van der Waals surface area contributed by atoms with Gasteiger partial charge in [0.25, 0.3) is 0 Å². The van der Waals surface area contributed by atoms with Crippen molar-refractivity contribution in [3.8, 4) is 5.75 Å². The molecule has 3 heterocycles. The Labute approximate surface area is 164 Å². The van der Waals surface area contributed by atoms with Crippen LogP contribution in [0.3, 0.4) is 0 Å². The second kappa shape index (κ2) is 7.12. The summed E-state index contributed by atoms with van der Waals surface area (Å²) in [5, 5.41) is 12.2. The Morgan fingerprint density at radius 2 is 2.31 bits per heavy atom. The molecular weight excluding hydrogens is 381 g/mol. The van der Waals surface area contributed by atoms with Crippen molar-refractivity contribution in [1.82, 2.24) is 14.1 Å². The van der Waals surface area contributed by atoms with E-state index in [9.17, 15) is 14.7 Å². The lowest BCUT2D eigenvalue weighted by Crippen LogP contribution is -2.28. The number of nitrogens with two attached hydrogens (primary N) is 1. The Morgan fingerprint density at radius 1 is 1.52 bits per heavy atom. The molecule has 0 aliphatic carbocycles. The topological polar surface area (TPSA) is 124 Å². The molecule has 4 rings (SSSR count). The largest absolute Gasteiger partial charge is 0.487 e. The van der Waals surface area contributed by atoms with Crippen LogP contribution in [-0.2, 0) is 6.54 Å². The van der Waals surface area contributed by atoms with Crippen molar-refractivity contribution >= 4 is 28.2 Å². The highest BCUT2D eigenvalue weighted by molar-refractivity contribution is 6.03. The maximum absolute atomic E-state index is 15.1. The third-order valence-electron chi connectivity index (χ3n) is 5.03. The molecule has 1 atom stereocenters. The van der Waals surface area contributed by atoms with E-state index < -0.39 is 22.8 Å². The van der Waals surface area contributed by atoms with Gasteiger partial charge in [-0.2, -0.15) is 0 Å². The fourth-order valence-corrected chi connectivity index (χ4v) is 3.55. The zero-order valence-electron chi connectivity index (χ0n) is 15.7. The van der Waals surface area contributed by atoms with E-state index in [2.05, 4.69) is 10.3 Å². The number of nitrogens with zero attached hydrogens (tertiary/aromatic N) is 3. The van der Waals surface area contributed by atoms with Crippen molar-refractivity contribution in [2.24, 2.45) is 0 Å². The number of imidazole rings is 1. The van der Waals surface area contributed by atoms with Crippen molar-refractivity contribution in [2.75, 3.05) is 24.2 Å². The number of nitrogen functional groups attached to an aromatic ring is 1. The minimum atomic E-state index is -1.39. The number of aromatic nitrogens is 3. The van der Waals surface area contributed by atoms with Crippen LogP contribution < -0.4 is 21.2 Å². The van der Waals surface area contributed by atoms with Gasteiger partial charge in [0.2, 0.25) is 5.43 Å². The number of carboxylic acid groups (broad SMARTS) is 1. The monoisotopic (exact) mass is 401 g/mol. The van der Waals surface area contributed by atoms with Crippen LogP contribution in [0.4, 0.5) is 15.8 Å². The van der Waals surface area contributed by atoms with Crippen LogP contribution in [0.1, 0.15) is 29.7 Å². The molecule has 0 spiro atoms. The molecule has 0 bridgehead atoms. The fourth-order valence-electron chi connectivity index (χ4n) is 3.55. The predicted molar refractivity (Wildman–Crippen MR) is 105 cm³/mol. The molecule has 1 aliphatic rings. The molecule has 0 saturated heterocycles. The first-order valence-electron chi connectivity index (χ1n) is 9.15. The Balaban J connectivity index is 1.79. The van der Waals surface area contributed by atoms with E-state index in [-0.39, 0.29) is 35.2 Å². The molecule has 152 valence electrons. The third kappa shape index (κ3) is 3.06. The molecule has 9 nitrogen and oxygen atoms in total. The summed E-state index contributed by atoms with van der Waals surface area (Å²) in [6.45, 7) is 3.15. The molecule has 0 fully saturated rings. The number of benzene rings is 1. The van der Waals surface area contributed by atoms with Gasteiger partial charge in [0.05, 0.1) is 29.0 Å². The summed E-state index contributed by atoms with van der Waals surface area (Å²) in [4.78, 5) is 28.1. The molecule has 1 aromatic carbocycles. The Hall–Kier alpha value is -3.56. The molecule has 4 N–H and O–H groups in total. The smallest absolute Gasteiger partial charge is 0.341 e. The summed E-state index contributed by atoms with van der Waals surface area (Å²) in [6, 6.07) is -0.248. The number of anilines is 2. The summed E-state index contributed by atoms with van der Waals surface area (Å²) in [5.41, 5.74) is 4.65. The maximum Gasteiger partial charge on any atom is 0.341 e. The molecule has 2 aromatic heterocycles. The van der Waals surface area contributed by atoms with E-state index in [0.717, 1.165) is 0 Å². The zero-order valence-corrected chi connectivity index (χ0v) is 15.7. The highest BCUT2D eigenvalue weighted by Gasteiger charge is 2.30. The number of carbonyl (C=O) groups is 1. The van der Waals surface area contributed by atoms with Gasteiger partial charge in [-0.1, -0.05) is 0 Å². The van der Waals surface area contributed by atoms with Gasteiger partial charge >= 0.3 is 5.97 Å². The molecule has 0 saturated carbocycles. The molecule has 0 amide bonds. The summed E-state index contributed by atoms with van der Waals surface area (Å²) in [7, 11) is 0. The number of ether oxygens (including phenoxy) is 1. The third-order valence-corrected chi connectivity index (χ3v) is 5.03. The van der Waals surface area contributed by atoms with Crippen LogP contribution in [0.5, 0.6) is 5.75 Å². The van der Waals surface area contributed by atoms with E-state index in [1.165, 1.54) is 6.20 Å². The number of halogens is 1. The summed E-state index contributed by atoms with van der Waals surface area (Å²) >= 11 is 0. The molecule has 10 heteroatoms. The van der Waals surface area contributed by atoms with Crippen molar-refractivity contribution in [1.29, 1.82) is 0 Å². The van der Waals surface area contributed by atoms with Crippen LogP contribution in [0.15, 0.2) is 29.7 Å². The minimum Gasteiger partial charge on any atom is -0.487 e. The maximum atomic E-state index is 15.1. The second-order valence-corrected chi connectivity index (χ2v) is 6.98. The number of hydrogen-bond donors (Lipinski definition) is 3. The quantitative estimate of drug-likeness (QED) is 0.427. The van der Waals surface area contributed by atoms with Gasteiger partial charge in [-0.15, -0.1) is 0 Å². The first kappa shape index (κ1) is 18.8. The van der Waals surface area contributed by atoms with Gasteiger partial charge in [0.15, 0.2) is 11.6 Å². The number of rotatable bonds is 6. The zero-order chi connectivity index (χ0) is 20.7. The predicted octanol–water partition coefficient (Wildman–Crippen LogP) is 2.07. The van der Waals surface area contributed by atoms with E-state index in [0.29, 0.717) is 25.0 Å². The Morgan fingerprint density at radius 3 is 3.00 bits per heavy atom. The average molecular weight is 401 g/mol. The summed E-state index contributed by atoms with van der Waals surface area (Å²) in [5.74, 6) is -2.04. The highest BCUT2D eigenvalue weighted by Crippen LogP contribution is 2.43. The SMILES string of the molecule is C[C@H]1COc2c(NCCCn3ccnc3)c(F)c(N)c3c(=O)c(C(=O)O)cn1c23. The van der Waals surface area contributed by atoms with Gasteiger partial charge in [-0.25, -0.2) is 14.2 Å². The van der Waals surface area contributed by atoms with Crippen molar-refractivity contribution in [3.63, 3.8) is 0 Å². The van der Waals surface area contributed by atoms with Crippen LogP contribution in [0, 0.1) is 5.82 Å². The lowest BCUT2D eigenvalue weighted by molar-refractivity contribution is 0.0694. The van der Waals surface area contributed by atoms with E-state index in [4.69, 9.17) is 10.5 Å². The number of aromatic carboxylic acids is 1. The number of pyridine rings is 1. The van der Waals surface area contributed by atoms with Crippen molar-refractivity contribution in [2.45, 2.75) is 25.9 Å². The molecule has 1 aliphatic heterocycles. The summed E-state index contributed by atoms with van der Waals surface area (Å²) in [6.07, 6.45) is 7.17. The fraction of sp³-hybridized carbons (Fsp3) is 0.316. The normalized spacial score (nSPS) is 15.3.